The van der Waals surface area contributed by atoms with Crippen molar-refractivity contribution in [2.24, 2.45) is 0 Å². The van der Waals surface area contributed by atoms with Gasteiger partial charge in [-0.1, -0.05) is 30.3 Å². The number of hydrogen-bond acceptors (Lipinski definition) is 5. The second-order valence-electron chi connectivity index (χ2n) is 8.46. The Bertz CT molecular complexity index is 1540. The van der Waals surface area contributed by atoms with E-state index in [-0.39, 0.29) is 23.4 Å². The highest BCUT2D eigenvalue weighted by Crippen LogP contribution is 2.40. The van der Waals surface area contributed by atoms with Gasteiger partial charge in [-0.05, 0) is 47.9 Å². The van der Waals surface area contributed by atoms with Gasteiger partial charge in [0, 0.05) is 41.3 Å². The summed E-state index contributed by atoms with van der Waals surface area (Å²) in [5.74, 6) is -2.73. The minimum absolute atomic E-state index is 0.125. The van der Waals surface area contributed by atoms with Crippen LogP contribution in [0, 0.1) is 15.9 Å². The van der Waals surface area contributed by atoms with Crippen molar-refractivity contribution < 1.29 is 24.0 Å². The summed E-state index contributed by atoms with van der Waals surface area (Å²) in [5, 5.41) is 23.4. The third-order valence-corrected chi connectivity index (χ3v) is 6.35. The van der Waals surface area contributed by atoms with Crippen LogP contribution in [-0.2, 0) is 16.0 Å². The molecule has 9 heteroatoms. The van der Waals surface area contributed by atoms with Crippen LogP contribution in [0.5, 0.6) is 0 Å². The lowest BCUT2D eigenvalue weighted by Crippen LogP contribution is -2.31. The van der Waals surface area contributed by atoms with E-state index in [1.54, 1.807) is 6.07 Å². The molecule has 0 bridgehead atoms. The molecule has 1 saturated heterocycles. The van der Waals surface area contributed by atoms with Crippen LogP contribution in [0.15, 0.2) is 84.6 Å². The van der Waals surface area contributed by atoms with E-state index >= 15 is 0 Å². The molecule has 1 atom stereocenters. The zero-order valence-electron chi connectivity index (χ0n) is 18.8. The first-order chi connectivity index (χ1) is 17.3. The normalized spacial score (nSPS) is 17.1. The number of likely N-dealkylation sites (tertiary alicyclic amines) is 1. The quantitative estimate of drug-likeness (QED) is 0.133. The Labute approximate surface area is 204 Å². The monoisotopic (exact) mass is 485 g/mol. The number of aromatic nitrogens is 1. The van der Waals surface area contributed by atoms with E-state index in [0.717, 1.165) is 28.6 Å². The van der Waals surface area contributed by atoms with E-state index in [1.807, 2.05) is 30.5 Å². The summed E-state index contributed by atoms with van der Waals surface area (Å²) >= 11 is 0. The number of fused-ring (bicyclic) bond motifs is 1. The van der Waals surface area contributed by atoms with Crippen LogP contribution in [0.1, 0.15) is 22.7 Å². The number of H-pyrrole nitrogens is 1. The zero-order chi connectivity index (χ0) is 25.4. The van der Waals surface area contributed by atoms with Crippen molar-refractivity contribution in [3.05, 3.63) is 117 Å². The van der Waals surface area contributed by atoms with Crippen LogP contribution in [0.2, 0.25) is 0 Å². The molecule has 8 nitrogen and oxygen atoms in total. The number of aliphatic hydroxyl groups excluding tert-OH is 1. The maximum absolute atomic E-state index is 13.4. The topological polar surface area (TPSA) is 117 Å². The smallest absolute Gasteiger partial charge is 0.295 e. The van der Waals surface area contributed by atoms with Gasteiger partial charge in [0.05, 0.1) is 16.5 Å². The van der Waals surface area contributed by atoms with Gasteiger partial charge in [0.15, 0.2) is 0 Å². The summed E-state index contributed by atoms with van der Waals surface area (Å²) in [4.78, 5) is 41.6. The number of non-ortho nitro benzene ring substituents is 1. The van der Waals surface area contributed by atoms with Crippen molar-refractivity contribution in [2.45, 2.75) is 12.5 Å². The highest BCUT2D eigenvalue weighted by atomic mass is 19.1. The Morgan fingerprint density at radius 2 is 1.81 bits per heavy atom. The van der Waals surface area contributed by atoms with Gasteiger partial charge in [0.25, 0.3) is 17.4 Å². The SMILES string of the molecule is O=C1C(=O)N(CCc2c[nH]c3ccccc23)[C@@H](c2cccc([N+](=O)[O-])c2)C1=C(O)c1ccc(F)cc1. The third-order valence-electron chi connectivity index (χ3n) is 6.35. The number of Topliss-reactive ketones (excluding diaryl/α,β-unsaturated/α-hetero) is 1. The molecule has 0 aliphatic carbocycles. The van der Waals surface area contributed by atoms with Crippen molar-refractivity contribution in [1.29, 1.82) is 0 Å². The lowest BCUT2D eigenvalue weighted by atomic mass is 9.95. The molecule has 0 unspecified atom stereocenters. The van der Waals surface area contributed by atoms with Crippen molar-refractivity contribution in [3.8, 4) is 0 Å². The van der Waals surface area contributed by atoms with E-state index < -0.39 is 34.2 Å². The van der Waals surface area contributed by atoms with Crippen LogP contribution in [0.4, 0.5) is 10.1 Å². The largest absolute Gasteiger partial charge is 0.507 e. The first kappa shape index (κ1) is 23.0. The van der Waals surface area contributed by atoms with Gasteiger partial charge in [-0.3, -0.25) is 19.7 Å². The van der Waals surface area contributed by atoms with E-state index in [9.17, 15) is 29.2 Å². The molecule has 1 amide bonds. The van der Waals surface area contributed by atoms with Gasteiger partial charge in [-0.15, -0.1) is 0 Å². The minimum atomic E-state index is -1.06. The first-order valence-electron chi connectivity index (χ1n) is 11.2. The number of carbonyl (C=O) groups excluding carboxylic acids is 2. The van der Waals surface area contributed by atoms with Gasteiger partial charge >= 0.3 is 0 Å². The molecule has 3 aromatic carbocycles. The summed E-state index contributed by atoms with van der Waals surface area (Å²) in [7, 11) is 0. The molecular formula is C27H20FN3O5. The Morgan fingerprint density at radius 1 is 1.06 bits per heavy atom. The Morgan fingerprint density at radius 3 is 2.56 bits per heavy atom. The van der Waals surface area contributed by atoms with Crippen LogP contribution >= 0.6 is 0 Å². The summed E-state index contributed by atoms with van der Waals surface area (Å²) < 4.78 is 13.4. The molecule has 2 heterocycles. The number of para-hydroxylation sites is 1. The number of benzene rings is 3. The van der Waals surface area contributed by atoms with Crippen molar-refractivity contribution in [1.82, 2.24) is 9.88 Å². The Balaban J connectivity index is 1.59. The number of aliphatic hydroxyl groups is 1. The molecule has 5 rings (SSSR count). The van der Waals surface area contributed by atoms with Gasteiger partial charge in [-0.2, -0.15) is 0 Å². The minimum Gasteiger partial charge on any atom is -0.507 e. The molecule has 0 spiro atoms. The molecule has 4 aromatic rings. The number of nitro groups is 1. The summed E-state index contributed by atoms with van der Waals surface area (Å²) in [6, 6.07) is 17.1. The number of aromatic amines is 1. The molecule has 0 saturated carbocycles. The molecule has 1 aromatic heterocycles. The summed E-state index contributed by atoms with van der Waals surface area (Å²) in [6.45, 7) is 0.125. The average molecular weight is 485 g/mol. The maximum atomic E-state index is 13.4. The van der Waals surface area contributed by atoms with Crippen LogP contribution in [0.3, 0.4) is 0 Å². The van der Waals surface area contributed by atoms with E-state index in [0.29, 0.717) is 12.0 Å². The van der Waals surface area contributed by atoms with E-state index in [1.165, 1.54) is 35.2 Å². The molecule has 1 fully saturated rings. The molecular weight excluding hydrogens is 465 g/mol. The second-order valence-corrected chi connectivity index (χ2v) is 8.46. The highest BCUT2D eigenvalue weighted by Gasteiger charge is 2.46. The fourth-order valence-corrected chi connectivity index (χ4v) is 4.61. The number of amides is 1. The molecule has 180 valence electrons. The average Bonchev–Trinajstić information content (AvgIpc) is 3.41. The number of carbonyl (C=O) groups is 2. The second kappa shape index (κ2) is 9.10. The van der Waals surface area contributed by atoms with Crippen LogP contribution in [0.25, 0.3) is 16.7 Å². The van der Waals surface area contributed by atoms with E-state index in [2.05, 4.69) is 4.98 Å². The van der Waals surface area contributed by atoms with Gasteiger partial charge in [-0.25, -0.2) is 4.39 Å². The lowest BCUT2D eigenvalue weighted by molar-refractivity contribution is -0.384. The third kappa shape index (κ3) is 4.00. The Kier molecular flexibility index (Phi) is 5.81. The zero-order valence-corrected chi connectivity index (χ0v) is 18.8. The summed E-state index contributed by atoms with van der Waals surface area (Å²) in [5.41, 5.74) is 1.92. The molecule has 1 aliphatic rings. The number of ketones is 1. The number of nitrogens with zero attached hydrogens (tertiary/aromatic N) is 2. The van der Waals surface area contributed by atoms with Gasteiger partial charge in [0.1, 0.15) is 11.6 Å². The number of rotatable bonds is 6. The van der Waals surface area contributed by atoms with Crippen molar-refractivity contribution in [3.63, 3.8) is 0 Å². The van der Waals surface area contributed by atoms with Gasteiger partial charge < -0.3 is 15.0 Å². The number of nitrogens with one attached hydrogen (secondary N) is 1. The molecule has 0 radical (unpaired) electrons. The van der Waals surface area contributed by atoms with Crippen LogP contribution < -0.4 is 0 Å². The number of halogens is 1. The Hall–Kier alpha value is -4.79. The van der Waals surface area contributed by atoms with Crippen molar-refractivity contribution in [2.75, 3.05) is 6.54 Å². The van der Waals surface area contributed by atoms with Crippen LogP contribution in [-0.4, -0.2) is 38.1 Å². The van der Waals surface area contributed by atoms with Gasteiger partial charge in [0.2, 0.25) is 0 Å². The van der Waals surface area contributed by atoms with Crippen molar-refractivity contribution >= 4 is 34.0 Å². The number of nitro benzene ring substituents is 1. The maximum Gasteiger partial charge on any atom is 0.295 e. The number of hydrogen-bond donors (Lipinski definition) is 2. The van der Waals surface area contributed by atoms with E-state index in [4.69, 9.17) is 0 Å². The fraction of sp³-hybridized carbons (Fsp3) is 0.111. The highest BCUT2D eigenvalue weighted by molar-refractivity contribution is 6.46. The fourth-order valence-electron chi connectivity index (χ4n) is 4.61. The molecule has 2 N–H and O–H groups in total. The first-order valence-corrected chi connectivity index (χ1v) is 11.2. The molecule has 1 aliphatic heterocycles. The molecule has 36 heavy (non-hydrogen) atoms. The predicted molar refractivity (Wildman–Crippen MR) is 131 cm³/mol. The predicted octanol–water partition coefficient (Wildman–Crippen LogP) is 4.88. The standard InChI is InChI=1S/C27H20FN3O5/c28-19-10-8-16(9-11-19)25(32)23-24(17-4-3-5-20(14-17)31(35)36)30(27(34)26(23)33)13-12-18-15-29-22-7-2-1-6-21(18)22/h1-11,14-15,24,29,32H,12-13H2/t24-/m0/s1. The lowest BCUT2D eigenvalue weighted by Gasteiger charge is -2.25. The summed E-state index contributed by atoms with van der Waals surface area (Å²) in [6.07, 6.45) is 2.24.